The van der Waals surface area contributed by atoms with Crippen LogP contribution in [0.4, 0.5) is 13.2 Å². The number of rotatable bonds is 7. The second-order valence-electron chi connectivity index (χ2n) is 6.30. The van der Waals surface area contributed by atoms with Crippen LogP contribution in [0, 0.1) is 0 Å². The lowest BCUT2D eigenvalue weighted by Crippen LogP contribution is -2.36. The summed E-state index contributed by atoms with van der Waals surface area (Å²) in [5, 5.41) is 12.5. The maximum absolute atomic E-state index is 13.3. The average molecular weight is 421 g/mol. The van der Waals surface area contributed by atoms with Crippen LogP contribution in [0.3, 0.4) is 0 Å². The molecule has 0 fully saturated rings. The Morgan fingerprint density at radius 2 is 1.73 bits per heavy atom. The Morgan fingerprint density at radius 1 is 1.13 bits per heavy atom. The van der Waals surface area contributed by atoms with E-state index in [0.717, 1.165) is 6.07 Å². The molecule has 0 aliphatic carbocycles. The number of nitrogens with two attached hydrogens (primary N) is 1. The van der Waals surface area contributed by atoms with Crippen molar-refractivity contribution in [2.75, 3.05) is 13.7 Å². The predicted molar refractivity (Wildman–Crippen MR) is 102 cm³/mol. The van der Waals surface area contributed by atoms with Gasteiger partial charge < -0.3 is 20.3 Å². The number of aromatic nitrogens is 2. The molecule has 0 amide bonds. The molecule has 3 rings (SSSR count). The van der Waals surface area contributed by atoms with E-state index in [0.29, 0.717) is 22.7 Å². The number of methoxy groups -OCH3 is 1. The van der Waals surface area contributed by atoms with E-state index in [1.54, 1.807) is 36.4 Å². The molecule has 1 unspecified atom stereocenters. The topological polar surface area (TPSA) is 99.6 Å². The molecule has 158 valence electrons. The van der Waals surface area contributed by atoms with E-state index in [2.05, 4.69) is 5.10 Å². The summed E-state index contributed by atoms with van der Waals surface area (Å²) in [5.74, 6) is -0.304. The third kappa shape index (κ3) is 4.71. The summed E-state index contributed by atoms with van der Waals surface area (Å²) in [6.07, 6.45) is -4.61. The van der Waals surface area contributed by atoms with E-state index in [4.69, 9.17) is 20.3 Å². The normalized spacial score (nSPS) is 12.4. The molecule has 0 bridgehead atoms. The van der Waals surface area contributed by atoms with Crippen LogP contribution in [0.5, 0.6) is 11.5 Å². The number of hydrogen-bond donors (Lipinski definition) is 2. The zero-order chi connectivity index (χ0) is 21.9. The van der Waals surface area contributed by atoms with Crippen LogP contribution >= 0.6 is 0 Å². The van der Waals surface area contributed by atoms with Crippen molar-refractivity contribution in [1.82, 2.24) is 9.78 Å². The third-order valence-electron chi connectivity index (χ3n) is 4.21. The van der Waals surface area contributed by atoms with E-state index in [1.165, 1.54) is 23.9 Å². The number of hydrogen-bond acceptors (Lipinski definition) is 5. The van der Waals surface area contributed by atoms with Gasteiger partial charge in [0.25, 0.3) is 0 Å². The summed E-state index contributed by atoms with van der Waals surface area (Å²) in [5.41, 5.74) is 5.47. The average Bonchev–Trinajstić information content (AvgIpc) is 3.18. The van der Waals surface area contributed by atoms with Crippen molar-refractivity contribution in [3.63, 3.8) is 0 Å². The monoisotopic (exact) mass is 421 g/mol. The van der Waals surface area contributed by atoms with Crippen molar-refractivity contribution in [2.24, 2.45) is 5.73 Å². The molecule has 30 heavy (non-hydrogen) atoms. The lowest BCUT2D eigenvalue weighted by molar-refractivity contribution is -0.141. The van der Waals surface area contributed by atoms with Crippen LogP contribution in [0.1, 0.15) is 5.69 Å². The quantitative estimate of drug-likeness (QED) is 0.607. The Hall–Kier alpha value is -3.53. The first kappa shape index (κ1) is 21.2. The van der Waals surface area contributed by atoms with Gasteiger partial charge in [0.2, 0.25) is 0 Å². The molecule has 0 radical (unpaired) electrons. The summed E-state index contributed by atoms with van der Waals surface area (Å²) in [6, 6.07) is 12.4. The molecule has 3 N–H and O–H groups in total. The van der Waals surface area contributed by atoms with Crippen molar-refractivity contribution in [1.29, 1.82) is 0 Å². The number of carbonyl (C=O) groups is 1. The molecule has 1 heterocycles. The molecule has 3 aromatic rings. The molecule has 10 heteroatoms. The molecular formula is C20H18F3N3O4. The van der Waals surface area contributed by atoms with Gasteiger partial charge in [0.05, 0.1) is 18.5 Å². The molecule has 0 saturated carbocycles. The summed E-state index contributed by atoms with van der Waals surface area (Å²) in [7, 11) is 1.49. The largest absolute Gasteiger partial charge is 0.497 e. The number of aliphatic carboxylic acids is 1. The summed E-state index contributed by atoms with van der Waals surface area (Å²) < 4.78 is 51.4. The van der Waals surface area contributed by atoms with E-state index in [1.807, 2.05) is 0 Å². The first-order valence-electron chi connectivity index (χ1n) is 8.72. The van der Waals surface area contributed by atoms with Gasteiger partial charge >= 0.3 is 12.1 Å². The summed E-state index contributed by atoms with van der Waals surface area (Å²) in [4.78, 5) is 10.7. The predicted octanol–water partition coefficient (Wildman–Crippen LogP) is 3.36. The molecular weight excluding hydrogens is 403 g/mol. The smallest absolute Gasteiger partial charge is 0.435 e. The van der Waals surface area contributed by atoms with Gasteiger partial charge in [-0.2, -0.15) is 18.3 Å². The SMILES string of the molecule is COc1ccc(-n2nc(C(F)(F)F)cc2-c2ccc(OCC(N)C(=O)O)cc2)cc1. The highest BCUT2D eigenvalue weighted by molar-refractivity contribution is 5.73. The molecule has 2 aromatic carbocycles. The Bertz CT molecular complexity index is 1020. The summed E-state index contributed by atoms with van der Waals surface area (Å²) >= 11 is 0. The van der Waals surface area contributed by atoms with Crippen LogP contribution in [0.25, 0.3) is 16.9 Å². The lowest BCUT2D eigenvalue weighted by atomic mass is 10.1. The fourth-order valence-corrected chi connectivity index (χ4v) is 2.62. The highest BCUT2D eigenvalue weighted by atomic mass is 19.4. The fraction of sp³-hybridized carbons (Fsp3) is 0.200. The molecule has 0 aliphatic heterocycles. The molecule has 0 spiro atoms. The Morgan fingerprint density at radius 3 is 2.27 bits per heavy atom. The van der Waals surface area contributed by atoms with Crippen LogP contribution in [-0.4, -0.2) is 40.6 Å². The van der Waals surface area contributed by atoms with Gasteiger partial charge in [-0.3, -0.25) is 4.79 Å². The second kappa shape index (κ2) is 8.46. The van der Waals surface area contributed by atoms with Crippen LogP contribution in [-0.2, 0) is 11.0 Å². The van der Waals surface area contributed by atoms with Crippen molar-refractivity contribution in [3.8, 4) is 28.4 Å². The second-order valence-corrected chi connectivity index (χ2v) is 6.30. The van der Waals surface area contributed by atoms with Gasteiger partial charge in [0.1, 0.15) is 24.1 Å². The van der Waals surface area contributed by atoms with Crippen molar-refractivity contribution in [2.45, 2.75) is 12.2 Å². The molecule has 0 saturated heterocycles. The van der Waals surface area contributed by atoms with Gasteiger partial charge in [-0.25, -0.2) is 4.68 Å². The van der Waals surface area contributed by atoms with E-state index in [9.17, 15) is 18.0 Å². The van der Waals surface area contributed by atoms with Gasteiger partial charge in [-0.1, -0.05) is 0 Å². The maximum Gasteiger partial charge on any atom is 0.435 e. The lowest BCUT2D eigenvalue weighted by Gasteiger charge is -2.11. The minimum atomic E-state index is -4.61. The molecule has 1 aromatic heterocycles. The highest BCUT2D eigenvalue weighted by Gasteiger charge is 2.35. The Balaban J connectivity index is 1.93. The number of alkyl halides is 3. The Labute approximate surface area is 169 Å². The molecule has 7 nitrogen and oxygen atoms in total. The first-order chi connectivity index (χ1) is 14.2. The summed E-state index contributed by atoms with van der Waals surface area (Å²) in [6.45, 7) is -0.239. The van der Waals surface area contributed by atoms with Crippen LogP contribution in [0.2, 0.25) is 0 Å². The van der Waals surface area contributed by atoms with Crippen LogP contribution < -0.4 is 15.2 Å². The number of benzene rings is 2. The maximum atomic E-state index is 13.3. The molecule has 0 aliphatic rings. The number of carboxylic acids is 1. The number of halogens is 3. The molecule has 1 atom stereocenters. The van der Waals surface area contributed by atoms with Crippen LogP contribution in [0.15, 0.2) is 54.6 Å². The fourth-order valence-electron chi connectivity index (χ4n) is 2.62. The Kier molecular flexibility index (Phi) is 5.97. The third-order valence-corrected chi connectivity index (χ3v) is 4.21. The van der Waals surface area contributed by atoms with E-state index < -0.39 is 23.9 Å². The van der Waals surface area contributed by atoms with E-state index >= 15 is 0 Å². The zero-order valence-corrected chi connectivity index (χ0v) is 15.8. The minimum absolute atomic E-state index is 0.223. The number of carboxylic acid groups (broad SMARTS) is 1. The standard InChI is InChI=1S/C20H18F3N3O4/c1-29-14-8-4-13(5-9-14)26-17(10-18(25-26)20(21,22)23)12-2-6-15(7-3-12)30-11-16(24)19(27)28/h2-10,16H,11,24H2,1H3,(H,27,28). The van der Waals surface area contributed by atoms with Crippen molar-refractivity contribution in [3.05, 3.63) is 60.3 Å². The first-order valence-corrected chi connectivity index (χ1v) is 8.72. The highest BCUT2D eigenvalue weighted by Crippen LogP contribution is 2.34. The van der Waals surface area contributed by atoms with Gasteiger partial charge in [0, 0.05) is 5.56 Å². The van der Waals surface area contributed by atoms with Gasteiger partial charge in [0.15, 0.2) is 5.69 Å². The van der Waals surface area contributed by atoms with Crippen molar-refractivity contribution >= 4 is 5.97 Å². The minimum Gasteiger partial charge on any atom is -0.497 e. The zero-order valence-electron chi connectivity index (χ0n) is 15.8. The van der Waals surface area contributed by atoms with Crippen molar-refractivity contribution < 1.29 is 32.5 Å². The van der Waals surface area contributed by atoms with Gasteiger partial charge in [-0.05, 0) is 54.6 Å². The van der Waals surface area contributed by atoms with Gasteiger partial charge in [-0.15, -0.1) is 0 Å². The number of ether oxygens (including phenoxy) is 2. The number of nitrogens with zero attached hydrogens (tertiary/aromatic N) is 2. The van der Waals surface area contributed by atoms with E-state index in [-0.39, 0.29) is 12.3 Å².